The first-order valence-electron chi connectivity index (χ1n) is 8.80. The minimum absolute atomic E-state index is 0.00115. The smallest absolute Gasteiger partial charge is 0.341 e. The Balaban J connectivity index is 1.76. The Morgan fingerprint density at radius 3 is 2.37 bits per heavy atom. The van der Waals surface area contributed by atoms with Crippen LogP contribution in [0.15, 0.2) is 46.9 Å². The summed E-state index contributed by atoms with van der Waals surface area (Å²) in [7, 11) is 2.82. The lowest BCUT2D eigenvalue weighted by Crippen LogP contribution is -2.22. The number of carbonyl (C=O) groups excluding carboxylic acids is 2. The number of unbranched alkanes of at least 4 members (excludes halogenated alkanes) is 1. The summed E-state index contributed by atoms with van der Waals surface area (Å²) in [5, 5.41) is 2.89. The summed E-state index contributed by atoms with van der Waals surface area (Å²) in [6.07, 6.45) is 3.24. The Hall–Kier alpha value is -2.34. The first-order valence-corrected chi connectivity index (χ1v) is 9.59. The SMILES string of the molecule is COC(=O)c1cc(CNC(=O)CCCCc2ccc(Br)cc2)ccc1OC. The number of nitrogens with one attached hydrogen (secondary N) is 1. The standard InChI is InChI=1S/C21H24BrNO4/c1-26-19-12-9-16(13-18(19)21(25)27-2)14-23-20(24)6-4-3-5-15-7-10-17(22)11-8-15/h7-13H,3-6,14H2,1-2H3,(H,23,24). The summed E-state index contributed by atoms with van der Waals surface area (Å²) < 4.78 is 11.0. The van der Waals surface area contributed by atoms with E-state index in [4.69, 9.17) is 9.47 Å². The summed E-state index contributed by atoms with van der Waals surface area (Å²) in [6, 6.07) is 13.4. The van der Waals surface area contributed by atoms with Crippen molar-refractivity contribution in [3.05, 3.63) is 63.6 Å². The molecule has 0 aliphatic heterocycles. The molecule has 0 spiro atoms. The van der Waals surface area contributed by atoms with Gasteiger partial charge in [-0.3, -0.25) is 4.79 Å². The van der Waals surface area contributed by atoms with E-state index in [9.17, 15) is 9.59 Å². The molecule has 0 bridgehead atoms. The number of hydrogen-bond donors (Lipinski definition) is 1. The third-order valence-electron chi connectivity index (χ3n) is 4.19. The Morgan fingerprint density at radius 2 is 1.70 bits per heavy atom. The van der Waals surface area contributed by atoms with Crippen molar-refractivity contribution in [2.24, 2.45) is 0 Å². The number of aryl methyl sites for hydroxylation is 1. The highest BCUT2D eigenvalue weighted by Crippen LogP contribution is 2.21. The molecule has 0 atom stereocenters. The molecule has 5 nitrogen and oxygen atoms in total. The Morgan fingerprint density at radius 1 is 1.00 bits per heavy atom. The lowest BCUT2D eigenvalue weighted by molar-refractivity contribution is -0.121. The fourth-order valence-electron chi connectivity index (χ4n) is 2.69. The van der Waals surface area contributed by atoms with Crippen molar-refractivity contribution in [3.63, 3.8) is 0 Å². The fourth-order valence-corrected chi connectivity index (χ4v) is 2.95. The van der Waals surface area contributed by atoms with Crippen molar-refractivity contribution in [1.29, 1.82) is 0 Å². The van der Waals surface area contributed by atoms with Crippen molar-refractivity contribution in [2.45, 2.75) is 32.2 Å². The van der Waals surface area contributed by atoms with Gasteiger partial charge in [-0.05, 0) is 54.7 Å². The first-order chi connectivity index (χ1) is 13.0. The maximum Gasteiger partial charge on any atom is 0.341 e. The van der Waals surface area contributed by atoms with E-state index in [0.717, 1.165) is 29.3 Å². The first kappa shape index (κ1) is 21.0. The minimum Gasteiger partial charge on any atom is -0.496 e. The summed E-state index contributed by atoms with van der Waals surface area (Å²) in [5.74, 6) is -0.0147. The molecule has 1 N–H and O–H groups in total. The average Bonchev–Trinajstić information content (AvgIpc) is 2.70. The van der Waals surface area contributed by atoms with Crippen molar-refractivity contribution >= 4 is 27.8 Å². The van der Waals surface area contributed by atoms with Crippen molar-refractivity contribution in [1.82, 2.24) is 5.32 Å². The van der Waals surface area contributed by atoms with E-state index in [0.29, 0.717) is 24.3 Å². The number of esters is 1. The highest BCUT2D eigenvalue weighted by atomic mass is 79.9. The van der Waals surface area contributed by atoms with Gasteiger partial charge < -0.3 is 14.8 Å². The zero-order valence-electron chi connectivity index (χ0n) is 15.6. The molecule has 0 heterocycles. The lowest BCUT2D eigenvalue weighted by atomic mass is 10.1. The van der Waals surface area contributed by atoms with E-state index in [2.05, 4.69) is 33.4 Å². The molecule has 0 aliphatic carbocycles. The van der Waals surface area contributed by atoms with Gasteiger partial charge in [-0.15, -0.1) is 0 Å². The summed E-state index contributed by atoms with van der Waals surface area (Å²) in [4.78, 5) is 23.8. The van der Waals surface area contributed by atoms with Crippen LogP contribution in [0.3, 0.4) is 0 Å². The van der Waals surface area contributed by atoms with Gasteiger partial charge in [-0.25, -0.2) is 4.79 Å². The predicted molar refractivity (Wildman–Crippen MR) is 108 cm³/mol. The van der Waals surface area contributed by atoms with Gasteiger partial charge in [0.1, 0.15) is 11.3 Å². The van der Waals surface area contributed by atoms with Gasteiger partial charge in [0.2, 0.25) is 5.91 Å². The van der Waals surface area contributed by atoms with Gasteiger partial charge in [-0.2, -0.15) is 0 Å². The molecule has 1 amide bonds. The molecule has 0 unspecified atom stereocenters. The molecule has 2 rings (SSSR count). The lowest BCUT2D eigenvalue weighted by Gasteiger charge is -2.10. The van der Waals surface area contributed by atoms with Crippen molar-refractivity contribution < 1.29 is 19.1 Å². The number of rotatable bonds is 9. The monoisotopic (exact) mass is 433 g/mol. The van der Waals surface area contributed by atoms with Crippen LogP contribution in [-0.4, -0.2) is 26.1 Å². The van der Waals surface area contributed by atoms with Gasteiger partial charge in [-0.1, -0.05) is 34.1 Å². The molecular formula is C21H24BrNO4. The number of hydrogen-bond acceptors (Lipinski definition) is 4. The molecule has 144 valence electrons. The Bertz CT molecular complexity index is 774. The third-order valence-corrected chi connectivity index (χ3v) is 4.72. The van der Waals surface area contributed by atoms with Crippen LogP contribution in [0.2, 0.25) is 0 Å². The van der Waals surface area contributed by atoms with Gasteiger partial charge in [0.25, 0.3) is 0 Å². The number of methoxy groups -OCH3 is 2. The predicted octanol–water partition coefficient (Wildman–Crippen LogP) is 4.27. The van der Waals surface area contributed by atoms with Crippen molar-refractivity contribution in [2.75, 3.05) is 14.2 Å². The van der Waals surface area contributed by atoms with Crippen LogP contribution >= 0.6 is 15.9 Å². The number of amides is 1. The van der Waals surface area contributed by atoms with Gasteiger partial charge in [0.15, 0.2) is 0 Å². The van der Waals surface area contributed by atoms with Crippen LogP contribution in [0.1, 0.15) is 40.7 Å². The highest BCUT2D eigenvalue weighted by molar-refractivity contribution is 9.10. The van der Waals surface area contributed by atoms with E-state index < -0.39 is 5.97 Å². The van der Waals surface area contributed by atoms with E-state index >= 15 is 0 Å². The topological polar surface area (TPSA) is 64.6 Å². The largest absolute Gasteiger partial charge is 0.496 e. The fraction of sp³-hybridized carbons (Fsp3) is 0.333. The Labute approximate surface area is 168 Å². The molecule has 0 saturated carbocycles. The second-order valence-electron chi connectivity index (χ2n) is 6.14. The van der Waals surface area contributed by atoms with Crippen LogP contribution in [0.5, 0.6) is 5.75 Å². The maximum atomic E-state index is 12.0. The molecule has 0 fully saturated rings. The van der Waals surface area contributed by atoms with E-state index in [1.54, 1.807) is 12.1 Å². The molecule has 2 aromatic rings. The van der Waals surface area contributed by atoms with Crippen LogP contribution in [0.4, 0.5) is 0 Å². The molecular weight excluding hydrogens is 410 g/mol. The highest BCUT2D eigenvalue weighted by Gasteiger charge is 2.13. The van der Waals surface area contributed by atoms with Gasteiger partial charge >= 0.3 is 5.97 Å². The minimum atomic E-state index is -0.465. The molecule has 27 heavy (non-hydrogen) atoms. The van der Waals surface area contributed by atoms with Crippen LogP contribution in [-0.2, 0) is 22.5 Å². The van der Waals surface area contributed by atoms with Crippen LogP contribution < -0.4 is 10.1 Å². The van der Waals surface area contributed by atoms with Gasteiger partial charge in [0, 0.05) is 17.4 Å². The summed E-state index contributed by atoms with van der Waals surface area (Å²) >= 11 is 3.42. The van der Waals surface area contributed by atoms with Crippen LogP contribution in [0.25, 0.3) is 0 Å². The quantitative estimate of drug-likeness (QED) is 0.473. The average molecular weight is 434 g/mol. The van der Waals surface area contributed by atoms with E-state index in [-0.39, 0.29) is 5.91 Å². The molecule has 0 aromatic heterocycles. The zero-order valence-corrected chi connectivity index (χ0v) is 17.2. The molecule has 6 heteroatoms. The Kier molecular flexibility index (Phi) is 8.33. The number of benzene rings is 2. The van der Waals surface area contributed by atoms with E-state index in [1.807, 2.05) is 18.2 Å². The second-order valence-corrected chi connectivity index (χ2v) is 7.05. The van der Waals surface area contributed by atoms with E-state index in [1.165, 1.54) is 19.8 Å². The zero-order chi connectivity index (χ0) is 19.6. The van der Waals surface area contributed by atoms with Gasteiger partial charge in [0.05, 0.1) is 14.2 Å². The number of ether oxygens (including phenoxy) is 2. The molecule has 2 aromatic carbocycles. The molecule has 0 radical (unpaired) electrons. The number of carbonyl (C=O) groups is 2. The normalized spacial score (nSPS) is 10.3. The number of halogens is 1. The molecule has 0 aliphatic rings. The van der Waals surface area contributed by atoms with Crippen LogP contribution in [0, 0.1) is 0 Å². The summed E-state index contributed by atoms with van der Waals surface area (Å²) in [6.45, 7) is 0.361. The second kappa shape index (κ2) is 10.7. The third kappa shape index (κ3) is 6.71. The van der Waals surface area contributed by atoms with Crippen molar-refractivity contribution in [3.8, 4) is 5.75 Å². The summed E-state index contributed by atoms with van der Waals surface area (Å²) in [5.41, 5.74) is 2.44. The maximum absolute atomic E-state index is 12.0. The molecule has 0 saturated heterocycles.